The third-order valence-electron chi connectivity index (χ3n) is 6.33. The SMILES string of the molecule is CCC1CC(C(/C=C/[C@H]2C=CC(=O)[C@@H]2CCCCCCC(=O)OC)OC(C)=O)C1. The summed E-state index contributed by atoms with van der Waals surface area (Å²) in [5.74, 6) is 0.978. The molecule has 2 aliphatic carbocycles. The van der Waals surface area contributed by atoms with Crippen molar-refractivity contribution >= 4 is 17.7 Å². The molecule has 2 aliphatic rings. The maximum Gasteiger partial charge on any atom is 0.305 e. The van der Waals surface area contributed by atoms with E-state index in [2.05, 4.69) is 17.7 Å². The van der Waals surface area contributed by atoms with Gasteiger partial charge in [-0.2, -0.15) is 0 Å². The van der Waals surface area contributed by atoms with Crippen LogP contribution in [0.4, 0.5) is 0 Å². The topological polar surface area (TPSA) is 69.7 Å². The van der Waals surface area contributed by atoms with Gasteiger partial charge in [-0.1, -0.05) is 44.8 Å². The summed E-state index contributed by atoms with van der Waals surface area (Å²) in [6, 6.07) is 0. The summed E-state index contributed by atoms with van der Waals surface area (Å²) in [5.41, 5.74) is 0. The molecule has 0 aromatic rings. The lowest BCUT2D eigenvalue weighted by Crippen LogP contribution is -2.35. The van der Waals surface area contributed by atoms with E-state index in [0.29, 0.717) is 12.3 Å². The van der Waals surface area contributed by atoms with Crippen molar-refractivity contribution in [2.75, 3.05) is 7.11 Å². The second-order valence-electron chi connectivity index (χ2n) is 8.44. The van der Waals surface area contributed by atoms with Crippen molar-refractivity contribution < 1.29 is 23.9 Å². The van der Waals surface area contributed by atoms with E-state index in [1.165, 1.54) is 20.5 Å². The molecule has 0 saturated heterocycles. The van der Waals surface area contributed by atoms with Crippen LogP contribution in [0.5, 0.6) is 0 Å². The molecule has 0 aromatic carbocycles. The first-order chi connectivity index (χ1) is 13.9. The summed E-state index contributed by atoms with van der Waals surface area (Å²) in [7, 11) is 1.41. The van der Waals surface area contributed by atoms with E-state index in [1.54, 1.807) is 6.08 Å². The molecule has 2 rings (SSSR count). The van der Waals surface area contributed by atoms with Gasteiger partial charge in [0, 0.05) is 31.1 Å². The molecule has 3 atom stereocenters. The smallest absolute Gasteiger partial charge is 0.305 e. The summed E-state index contributed by atoms with van der Waals surface area (Å²) < 4.78 is 10.2. The Morgan fingerprint density at radius 1 is 1.21 bits per heavy atom. The maximum atomic E-state index is 12.3. The molecule has 0 spiro atoms. The Balaban J connectivity index is 1.80. The molecule has 0 N–H and O–H groups in total. The highest BCUT2D eigenvalue weighted by Gasteiger charge is 2.35. The fourth-order valence-corrected chi connectivity index (χ4v) is 4.39. The van der Waals surface area contributed by atoms with Crippen LogP contribution < -0.4 is 0 Å². The fourth-order valence-electron chi connectivity index (χ4n) is 4.39. The number of methoxy groups -OCH3 is 1. The molecule has 0 heterocycles. The standard InChI is InChI=1S/C24H36O5/c1-4-18-15-20(16-18)23(29-17(2)25)14-12-19-11-13-22(26)21(19)9-7-5-6-8-10-24(27)28-3/h11-14,18-21,23H,4-10,15-16H2,1-3H3/b14-12+/t18?,19-,20?,21-,23?/m1/s1. The van der Waals surface area contributed by atoms with Crippen molar-refractivity contribution in [3.05, 3.63) is 24.3 Å². The number of ketones is 1. The minimum atomic E-state index is -0.249. The number of allylic oxidation sites excluding steroid dienone is 3. The second-order valence-corrected chi connectivity index (χ2v) is 8.44. The zero-order valence-electron chi connectivity index (χ0n) is 18.1. The molecule has 29 heavy (non-hydrogen) atoms. The molecular formula is C24H36O5. The second kappa shape index (κ2) is 11.9. The molecule has 1 fully saturated rings. The quantitative estimate of drug-likeness (QED) is 0.266. The summed E-state index contributed by atoms with van der Waals surface area (Å²) in [6.45, 7) is 3.66. The van der Waals surface area contributed by atoms with E-state index >= 15 is 0 Å². The molecule has 0 aromatic heterocycles. The predicted molar refractivity (Wildman–Crippen MR) is 112 cm³/mol. The number of hydrogen-bond acceptors (Lipinski definition) is 5. The van der Waals surface area contributed by atoms with Gasteiger partial charge in [-0.3, -0.25) is 14.4 Å². The van der Waals surface area contributed by atoms with Crippen LogP contribution >= 0.6 is 0 Å². The molecular weight excluding hydrogens is 368 g/mol. The van der Waals surface area contributed by atoms with Crippen LogP contribution in [0.2, 0.25) is 0 Å². The normalized spacial score (nSPS) is 27.1. The molecule has 0 aliphatic heterocycles. The van der Waals surface area contributed by atoms with Crippen molar-refractivity contribution in [1.82, 2.24) is 0 Å². The van der Waals surface area contributed by atoms with Crippen molar-refractivity contribution in [3.8, 4) is 0 Å². The van der Waals surface area contributed by atoms with Crippen molar-refractivity contribution in [2.24, 2.45) is 23.7 Å². The first kappa shape index (κ1) is 23.4. The van der Waals surface area contributed by atoms with Crippen molar-refractivity contribution in [1.29, 1.82) is 0 Å². The molecule has 5 heteroatoms. The Kier molecular flexibility index (Phi) is 9.62. The maximum absolute atomic E-state index is 12.3. The van der Waals surface area contributed by atoms with E-state index in [0.717, 1.165) is 50.9 Å². The van der Waals surface area contributed by atoms with Gasteiger partial charge in [0.15, 0.2) is 5.78 Å². The monoisotopic (exact) mass is 404 g/mol. The lowest BCUT2D eigenvalue weighted by atomic mass is 9.70. The summed E-state index contributed by atoms with van der Waals surface area (Å²) in [5, 5.41) is 0. The van der Waals surface area contributed by atoms with Gasteiger partial charge in [-0.05, 0) is 43.8 Å². The number of unbranched alkanes of at least 4 members (excludes halogenated alkanes) is 3. The zero-order valence-corrected chi connectivity index (χ0v) is 18.1. The number of esters is 2. The number of ether oxygens (including phenoxy) is 2. The van der Waals surface area contributed by atoms with Gasteiger partial charge in [-0.15, -0.1) is 0 Å². The van der Waals surface area contributed by atoms with Crippen LogP contribution in [0.25, 0.3) is 0 Å². The molecule has 1 unspecified atom stereocenters. The van der Waals surface area contributed by atoms with E-state index in [9.17, 15) is 14.4 Å². The van der Waals surface area contributed by atoms with Crippen molar-refractivity contribution in [2.45, 2.75) is 77.7 Å². The van der Waals surface area contributed by atoms with Crippen LogP contribution in [0.15, 0.2) is 24.3 Å². The van der Waals surface area contributed by atoms with Gasteiger partial charge >= 0.3 is 11.9 Å². The van der Waals surface area contributed by atoms with E-state index < -0.39 is 0 Å². The predicted octanol–water partition coefficient (Wildman–Crippen LogP) is 4.80. The van der Waals surface area contributed by atoms with E-state index in [1.807, 2.05) is 12.2 Å². The highest BCUT2D eigenvalue weighted by atomic mass is 16.5. The number of carbonyl (C=O) groups is 3. The van der Waals surface area contributed by atoms with Gasteiger partial charge in [0.1, 0.15) is 6.10 Å². The first-order valence-corrected chi connectivity index (χ1v) is 11.1. The molecule has 5 nitrogen and oxygen atoms in total. The summed E-state index contributed by atoms with van der Waals surface area (Å²) in [6.07, 6.45) is 16.0. The minimum Gasteiger partial charge on any atom is -0.469 e. The van der Waals surface area contributed by atoms with E-state index in [-0.39, 0.29) is 35.7 Å². The minimum absolute atomic E-state index is 0.0189. The van der Waals surface area contributed by atoms with Crippen LogP contribution in [0, 0.1) is 23.7 Å². The Labute approximate surface area is 174 Å². The van der Waals surface area contributed by atoms with Crippen molar-refractivity contribution in [3.63, 3.8) is 0 Å². The molecule has 0 bridgehead atoms. The Bertz CT molecular complexity index is 615. The van der Waals surface area contributed by atoms with Crippen LogP contribution in [-0.2, 0) is 23.9 Å². The average molecular weight is 405 g/mol. The molecule has 0 radical (unpaired) electrons. The highest BCUT2D eigenvalue weighted by Crippen LogP contribution is 2.40. The Morgan fingerprint density at radius 2 is 1.93 bits per heavy atom. The lowest BCUT2D eigenvalue weighted by molar-refractivity contribution is -0.148. The molecule has 0 amide bonds. The van der Waals surface area contributed by atoms with Gasteiger partial charge in [-0.25, -0.2) is 0 Å². The summed E-state index contributed by atoms with van der Waals surface area (Å²) >= 11 is 0. The fraction of sp³-hybridized carbons (Fsp3) is 0.708. The number of hydrogen-bond donors (Lipinski definition) is 0. The van der Waals surface area contributed by atoms with Crippen LogP contribution in [0.1, 0.15) is 71.6 Å². The highest BCUT2D eigenvalue weighted by molar-refractivity contribution is 5.94. The van der Waals surface area contributed by atoms with Gasteiger partial charge in [0.25, 0.3) is 0 Å². The van der Waals surface area contributed by atoms with Gasteiger partial charge < -0.3 is 9.47 Å². The Hall–Kier alpha value is -1.91. The average Bonchev–Trinajstić information content (AvgIpc) is 3.00. The first-order valence-electron chi connectivity index (χ1n) is 11.1. The number of rotatable bonds is 12. The van der Waals surface area contributed by atoms with Crippen LogP contribution in [0.3, 0.4) is 0 Å². The van der Waals surface area contributed by atoms with Gasteiger partial charge in [0.2, 0.25) is 0 Å². The summed E-state index contributed by atoms with van der Waals surface area (Å²) in [4.78, 5) is 34.9. The Morgan fingerprint density at radius 3 is 2.59 bits per heavy atom. The third-order valence-corrected chi connectivity index (χ3v) is 6.33. The molecule has 1 saturated carbocycles. The third kappa shape index (κ3) is 7.45. The number of carbonyl (C=O) groups excluding carboxylic acids is 3. The lowest BCUT2D eigenvalue weighted by Gasteiger charge is -2.38. The van der Waals surface area contributed by atoms with E-state index in [4.69, 9.17) is 4.74 Å². The zero-order chi connectivity index (χ0) is 21.2. The molecule has 162 valence electrons. The largest absolute Gasteiger partial charge is 0.469 e. The van der Waals surface area contributed by atoms with Gasteiger partial charge in [0.05, 0.1) is 7.11 Å². The van der Waals surface area contributed by atoms with Crippen LogP contribution in [-0.4, -0.2) is 30.9 Å².